The van der Waals surface area contributed by atoms with Crippen molar-refractivity contribution in [1.82, 2.24) is 19.9 Å². The number of fused-ring (bicyclic) bond motifs is 1. The number of aromatic nitrogens is 3. The van der Waals surface area contributed by atoms with Crippen molar-refractivity contribution < 1.29 is 0 Å². The predicted molar refractivity (Wildman–Crippen MR) is 83.4 cm³/mol. The van der Waals surface area contributed by atoms with Crippen molar-refractivity contribution in [3.63, 3.8) is 0 Å². The minimum Gasteiger partial charge on any atom is -0.306 e. The van der Waals surface area contributed by atoms with Gasteiger partial charge in [-0.05, 0) is 32.6 Å². The first-order chi connectivity index (χ1) is 10.5. The molecule has 0 bridgehead atoms. The molecule has 0 aliphatic heterocycles. The number of aromatic amines is 1. The van der Waals surface area contributed by atoms with Crippen molar-refractivity contribution in [2.24, 2.45) is 5.92 Å². The highest BCUT2D eigenvalue weighted by Gasteiger charge is 2.31. The maximum absolute atomic E-state index is 12.1. The fourth-order valence-corrected chi connectivity index (χ4v) is 3.31. The average Bonchev–Trinajstić information content (AvgIpc) is 3.15. The van der Waals surface area contributed by atoms with Crippen LogP contribution in [0.5, 0.6) is 0 Å². The molecule has 0 unspecified atom stereocenters. The minimum absolute atomic E-state index is 0.0273. The van der Waals surface area contributed by atoms with Crippen LogP contribution in [0.2, 0.25) is 0 Å². The molecule has 0 radical (unpaired) electrons. The summed E-state index contributed by atoms with van der Waals surface area (Å²) in [6.07, 6.45) is 6.62. The van der Waals surface area contributed by atoms with Crippen LogP contribution in [0.1, 0.15) is 50.8 Å². The van der Waals surface area contributed by atoms with Crippen molar-refractivity contribution in [1.29, 1.82) is 5.26 Å². The number of hydrogen-bond acceptors (Lipinski definition) is 4. The van der Waals surface area contributed by atoms with Gasteiger partial charge in [0.15, 0.2) is 5.65 Å². The van der Waals surface area contributed by atoms with E-state index in [1.807, 2.05) is 6.07 Å². The molecule has 3 rings (SSSR count). The smallest absolute Gasteiger partial charge is 0.272 e. The van der Waals surface area contributed by atoms with E-state index in [1.54, 1.807) is 0 Å². The quantitative estimate of drug-likeness (QED) is 0.903. The second-order valence-electron chi connectivity index (χ2n) is 6.60. The molecule has 116 valence electrons. The SMILES string of the molecule is CC(C)(NCc1cc(=O)n2[nH]cc(C#N)c2n1)C1CCCC1. The van der Waals surface area contributed by atoms with Crippen LogP contribution in [-0.4, -0.2) is 20.1 Å². The third-order valence-corrected chi connectivity index (χ3v) is 4.77. The summed E-state index contributed by atoms with van der Waals surface area (Å²) in [6, 6.07) is 3.56. The van der Waals surface area contributed by atoms with E-state index in [0.29, 0.717) is 29.4 Å². The molecule has 22 heavy (non-hydrogen) atoms. The van der Waals surface area contributed by atoms with Crippen LogP contribution in [0.4, 0.5) is 0 Å². The van der Waals surface area contributed by atoms with Gasteiger partial charge in [0.2, 0.25) is 0 Å². The van der Waals surface area contributed by atoms with Crippen molar-refractivity contribution in [3.8, 4) is 6.07 Å². The highest BCUT2D eigenvalue weighted by molar-refractivity contribution is 5.53. The molecule has 1 saturated carbocycles. The molecular formula is C16H21N5O. The van der Waals surface area contributed by atoms with Gasteiger partial charge in [-0.15, -0.1) is 0 Å². The molecule has 6 heteroatoms. The molecule has 2 aromatic rings. The van der Waals surface area contributed by atoms with E-state index in [-0.39, 0.29) is 11.1 Å². The van der Waals surface area contributed by atoms with Gasteiger partial charge in [-0.1, -0.05) is 12.8 Å². The van der Waals surface area contributed by atoms with Gasteiger partial charge < -0.3 is 5.32 Å². The lowest BCUT2D eigenvalue weighted by Crippen LogP contribution is -2.45. The van der Waals surface area contributed by atoms with Gasteiger partial charge in [0.25, 0.3) is 5.56 Å². The zero-order valence-electron chi connectivity index (χ0n) is 13.0. The Hall–Kier alpha value is -2.13. The Morgan fingerprint density at radius 2 is 2.23 bits per heavy atom. The van der Waals surface area contributed by atoms with Crippen LogP contribution in [0, 0.1) is 17.2 Å². The molecule has 1 aliphatic carbocycles. The van der Waals surface area contributed by atoms with E-state index in [4.69, 9.17) is 5.26 Å². The summed E-state index contributed by atoms with van der Waals surface area (Å²) in [5.41, 5.74) is 1.29. The van der Waals surface area contributed by atoms with Gasteiger partial charge in [-0.2, -0.15) is 5.26 Å². The van der Waals surface area contributed by atoms with Gasteiger partial charge in [0.05, 0.1) is 5.69 Å². The minimum atomic E-state index is -0.193. The number of nitrogens with zero attached hydrogens (tertiary/aromatic N) is 3. The molecule has 1 aliphatic rings. The monoisotopic (exact) mass is 299 g/mol. The van der Waals surface area contributed by atoms with Crippen LogP contribution in [0.3, 0.4) is 0 Å². The van der Waals surface area contributed by atoms with Crippen LogP contribution in [0.15, 0.2) is 17.1 Å². The number of H-pyrrole nitrogens is 1. The normalized spacial score (nSPS) is 16.2. The topological polar surface area (TPSA) is 86.0 Å². The fraction of sp³-hybridized carbons (Fsp3) is 0.562. The molecular weight excluding hydrogens is 278 g/mol. The van der Waals surface area contributed by atoms with E-state index in [0.717, 1.165) is 0 Å². The maximum atomic E-state index is 12.1. The molecule has 0 atom stereocenters. The average molecular weight is 299 g/mol. The fourth-order valence-electron chi connectivity index (χ4n) is 3.31. The van der Waals surface area contributed by atoms with Gasteiger partial charge in [-0.3, -0.25) is 9.89 Å². The number of hydrogen-bond donors (Lipinski definition) is 2. The standard InChI is InChI=1S/C16H21N5O/c1-16(2,12-5-3-4-6-12)18-10-13-7-14(22)21-15(20-13)11(8-17)9-19-21/h7,9,12,18-19H,3-6,10H2,1-2H3. The summed E-state index contributed by atoms with van der Waals surface area (Å²) in [4.78, 5) is 16.5. The van der Waals surface area contributed by atoms with Gasteiger partial charge >= 0.3 is 0 Å². The van der Waals surface area contributed by atoms with E-state index < -0.39 is 0 Å². The Bertz CT molecular complexity index is 774. The number of nitrogens with one attached hydrogen (secondary N) is 2. The summed E-state index contributed by atoms with van der Waals surface area (Å²) < 4.78 is 1.30. The first kappa shape index (κ1) is 14.8. The lowest BCUT2D eigenvalue weighted by Gasteiger charge is -2.33. The van der Waals surface area contributed by atoms with Gasteiger partial charge in [0, 0.05) is 24.3 Å². The van der Waals surface area contributed by atoms with Crippen LogP contribution >= 0.6 is 0 Å². The largest absolute Gasteiger partial charge is 0.306 e. The van der Waals surface area contributed by atoms with Gasteiger partial charge in [0.1, 0.15) is 11.6 Å². The van der Waals surface area contributed by atoms with Crippen molar-refractivity contribution >= 4 is 5.65 Å². The van der Waals surface area contributed by atoms with Crippen LogP contribution < -0.4 is 10.9 Å². The molecule has 2 aromatic heterocycles. The third kappa shape index (κ3) is 2.64. The summed E-state index contributed by atoms with van der Waals surface area (Å²) in [5, 5.41) is 15.4. The zero-order chi connectivity index (χ0) is 15.7. The predicted octanol–water partition coefficient (Wildman–Crippen LogP) is 1.95. The van der Waals surface area contributed by atoms with E-state index in [9.17, 15) is 4.79 Å². The molecule has 6 nitrogen and oxygen atoms in total. The van der Waals surface area contributed by atoms with E-state index in [1.165, 1.54) is 42.5 Å². The first-order valence-electron chi connectivity index (χ1n) is 7.76. The summed E-state index contributed by atoms with van der Waals surface area (Å²) in [6.45, 7) is 4.96. The van der Waals surface area contributed by atoms with Crippen LogP contribution in [-0.2, 0) is 6.54 Å². The second-order valence-corrected chi connectivity index (χ2v) is 6.60. The Kier molecular flexibility index (Phi) is 3.75. The highest BCUT2D eigenvalue weighted by Crippen LogP contribution is 2.33. The number of nitriles is 1. The summed E-state index contributed by atoms with van der Waals surface area (Å²) in [5.74, 6) is 0.666. The second kappa shape index (κ2) is 5.58. The molecule has 2 N–H and O–H groups in total. The zero-order valence-corrected chi connectivity index (χ0v) is 13.0. The Labute approximate surface area is 129 Å². The van der Waals surface area contributed by atoms with Crippen LogP contribution in [0.25, 0.3) is 5.65 Å². The Morgan fingerprint density at radius 1 is 1.50 bits per heavy atom. The summed E-state index contributed by atoms with van der Waals surface area (Å²) in [7, 11) is 0. The molecule has 0 spiro atoms. The molecule has 0 saturated heterocycles. The lowest BCUT2D eigenvalue weighted by atomic mass is 9.86. The molecule has 2 heterocycles. The summed E-state index contributed by atoms with van der Waals surface area (Å²) >= 11 is 0. The molecule has 0 aromatic carbocycles. The Morgan fingerprint density at radius 3 is 2.91 bits per heavy atom. The first-order valence-corrected chi connectivity index (χ1v) is 7.76. The van der Waals surface area contributed by atoms with Crippen molar-refractivity contribution in [2.45, 2.75) is 51.6 Å². The van der Waals surface area contributed by atoms with E-state index >= 15 is 0 Å². The molecule has 1 fully saturated rings. The number of rotatable bonds is 4. The lowest BCUT2D eigenvalue weighted by molar-refractivity contribution is 0.253. The van der Waals surface area contributed by atoms with Gasteiger partial charge in [-0.25, -0.2) is 9.50 Å². The third-order valence-electron chi connectivity index (χ3n) is 4.77. The molecule has 0 amide bonds. The van der Waals surface area contributed by atoms with Crippen molar-refractivity contribution in [3.05, 3.63) is 33.9 Å². The highest BCUT2D eigenvalue weighted by atomic mass is 16.1. The Balaban J connectivity index is 1.82. The maximum Gasteiger partial charge on any atom is 0.272 e. The van der Waals surface area contributed by atoms with E-state index in [2.05, 4.69) is 29.2 Å². The van der Waals surface area contributed by atoms with Crippen molar-refractivity contribution in [2.75, 3.05) is 0 Å².